The predicted octanol–water partition coefficient (Wildman–Crippen LogP) is 3.08. The van der Waals surface area contributed by atoms with Crippen molar-refractivity contribution in [3.8, 4) is 0 Å². The van der Waals surface area contributed by atoms with E-state index in [2.05, 4.69) is 17.3 Å². The van der Waals surface area contributed by atoms with E-state index in [0.717, 1.165) is 24.2 Å². The number of amides is 1. The van der Waals surface area contributed by atoms with Crippen molar-refractivity contribution in [1.29, 1.82) is 0 Å². The molecule has 1 heterocycles. The van der Waals surface area contributed by atoms with Crippen LogP contribution >= 0.6 is 0 Å². The second kappa shape index (κ2) is 6.71. The molecule has 0 aliphatic heterocycles. The SMILES string of the molecule is CCC(NC(=O)c1ccnn1CCC(=O)O)C12CC3CC(CC(C3)C1)C2. The number of carboxylic acids is 1. The molecule has 6 heteroatoms. The number of rotatable bonds is 7. The molecule has 1 amide bonds. The second-order valence-electron chi connectivity index (χ2n) is 8.80. The van der Waals surface area contributed by atoms with E-state index in [-0.39, 0.29) is 30.3 Å². The lowest BCUT2D eigenvalue weighted by atomic mass is 9.47. The van der Waals surface area contributed by atoms with Crippen molar-refractivity contribution < 1.29 is 14.7 Å². The van der Waals surface area contributed by atoms with Crippen LogP contribution in [-0.2, 0) is 11.3 Å². The van der Waals surface area contributed by atoms with Gasteiger partial charge in [0.25, 0.3) is 5.91 Å². The minimum Gasteiger partial charge on any atom is -0.481 e. The molecule has 6 nitrogen and oxygen atoms in total. The van der Waals surface area contributed by atoms with Crippen LogP contribution in [0.5, 0.6) is 0 Å². The van der Waals surface area contributed by atoms with Crippen LogP contribution < -0.4 is 5.32 Å². The summed E-state index contributed by atoms with van der Waals surface area (Å²) in [5, 5.41) is 16.3. The Kier molecular flexibility index (Phi) is 4.53. The van der Waals surface area contributed by atoms with Crippen LogP contribution in [0.3, 0.4) is 0 Å². The number of carbonyl (C=O) groups is 2. The molecule has 0 spiro atoms. The maximum atomic E-state index is 12.9. The Morgan fingerprint density at radius 3 is 2.42 bits per heavy atom. The molecule has 1 aromatic heterocycles. The Morgan fingerprint density at radius 2 is 1.88 bits per heavy atom. The predicted molar refractivity (Wildman–Crippen MR) is 96.6 cm³/mol. The van der Waals surface area contributed by atoms with Crippen LogP contribution in [-0.4, -0.2) is 32.8 Å². The number of aryl methyl sites for hydroxylation is 1. The van der Waals surface area contributed by atoms with Gasteiger partial charge in [-0.1, -0.05) is 6.92 Å². The number of hydrogen-bond acceptors (Lipinski definition) is 3. The average Bonchev–Trinajstić information content (AvgIpc) is 3.05. The maximum absolute atomic E-state index is 12.9. The van der Waals surface area contributed by atoms with Crippen LogP contribution in [0.2, 0.25) is 0 Å². The number of nitrogens with one attached hydrogen (secondary N) is 1. The molecular weight excluding hydrogens is 330 g/mol. The Hall–Kier alpha value is -1.85. The molecule has 2 N–H and O–H groups in total. The average molecular weight is 359 g/mol. The number of carboxylic acid groups (broad SMARTS) is 1. The van der Waals surface area contributed by atoms with Gasteiger partial charge in [0.2, 0.25) is 0 Å². The van der Waals surface area contributed by atoms with E-state index in [9.17, 15) is 9.59 Å². The van der Waals surface area contributed by atoms with E-state index in [1.807, 2.05) is 0 Å². The van der Waals surface area contributed by atoms with Crippen LogP contribution in [0.15, 0.2) is 12.3 Å². The summed E-state index contributed by atoms with van der Waals surface area (Å²) in [5.74, 6) is 1.57. The van der Waals surface area contributed by atoms with Gasteiger partial charge >= 0.3 is 5.97 Å². The van der Waals surface area contributed by atoms with Gasteiger partial charge in [-0.2, -0.15) is 5.10 Å². The summed E-state index contributed by atoms with van der Waals surface area (Å²) in [4.78, 5) is 23.7. The van der Waals surface area contributed by atoms with Gasteiger partial charge in [0, 0.05) is 12.2 Å². The van der Waals surface area contributed by atoms with Crippen molar-refractivity contribution in [3.63, 3.8) is 0 Å². The largest absolute Gasteiger partial charge is 0.481 e. The highest BCUT2D eigenvalue weighted by Gasteiger charge is 2.54. The summed E-state index contributed by atoms with van der Waals surface area (Å²) in [7, 11) is 0. The van der Waals surface area contributed by atoms with Crippen LogP contribution in [0.1, 0.15) is 68.8 Å². The molecule has 4 aliphatic carbocycles. The molecule has 142 valence electrons. The molecular formula is C20H29N3O3. The first-order valence-electron chi connectivity index (χ1n) is 10.0. The summed E-state index contributed by atoms with van der Waals surface area (Å²) < 4.78 is 1.51. The van der Waals surface area contributed by atoms with Crippen molar-refractivity contribution in [3.05, 3.63) is 18.0 Å². The highest BCUT2D eigenvalue weighted by Crippen LogP contribution is 2.61. The van der Waals surface area contributed by atoms with Crippen molar-refractivity contribution >= 4 is 11.9 Å². The van der Waals surface area contributed by atoms with Crippen molar-refractivity contribution in [2.75, 3.05) is 0 Å². The maximum Gasteiger partial charge on any atom is 0.305 e. The zero-order valence-corrected chi connectivity index (χ0v) is 15.5. The molecule has 4 fully saturated rings. The fourth-order valence-electron chi connectivity index (χ4n) is 6.43. The molecule has 1 aromatic rings. The summed E-state index contributed by atoms with van der Waals surface area (Å²) in [6, 6.07) is 1.88. The summed E-state index contributed by atoms with van der Waals surface area (Å²) >= 11 is 0. The van der Waals surface area contributed by atoms with E-state index >= 15 is 0 Å². The molecule has 0 radical (unpaired) electrons. The van der Waals surface area contributed by atoms with Gasteiger partial charge in [0.1, 0.15) is 5.69 Å². The highest BCUT2D eigenvalue weighted by atomic mass is 16.4. The van der Waals surface area contributed by atoms with Crippen LogP contribution in [0.25, 0.3) is 0 Å². The molecule has 0 saturated heterocycles. The zero-order valence-electron chi connectivity index (χ0n) is 15.5. The monoisotopic (exact) mass is 359 g/mol. The van der Waals surface area contributed by atoms with E-state index < -0.39 is 5.97 Å². The van der Waals surface area contributed by atoms with E-state index in [0.29, 0.717) is 5.69 Å². The quantitative estimate of drug-likeness (QED) is 0.783. The van der Waals surface area contributed by atoms with E-state index in [1.165, 1.54) is 43.2 Å². The minimum atomic E-state index is -0.883. The van der Waals surface area contributed by atoms with Gasteiger partial charge in [-0.25, -0.2) is 0 Å². The molecule has 0 aromatic carbocycles. The van der Waals surface area contributed by atoms with Crippen molar-refractivity contribution in [2.45, 2.75) is 70.9 Å². The van der Waals surface area contributed by atoms with Gasteiger partial charge in [0.15, 0.2) is 0 Å². The van der Waals surface area contributed by atoms with Crippen LogP contribution in [0.4, 0.5) is 0 Å². The number of hydrogen-bond donors (Lipinski definition) is 2. The number of aromatic nitrogens is 2. The summed E-state index contributed by atoms with van der Waals surface area (Å²) in [5.41, 5.74) is 0.736. The third-order valence-corrected chi connectivity index (χ3v) is 7.03. The molecule has 1 atom stereocenters. The Bertz CT molecular complexity index is 661. The Balaban J connectivity index is 1.48. The minimum absolute atomic E-state index is 0.0336. The molecule has 5 rings (SSSR count). The molecule has 4 aliphatic rings. The van der Waals surface area contributed by atoms with Crippen molar-refractivity contribution in [2.24, 2.45) is 23.2 Å². The number of aliphatic carboxylic acids is 1. The van der Waals surface area contributed by atoms with Gasteiger partial charge in [0.05, 0.1) is 13.0 Å². The van der Waals surface area contributed by atoms with Crippen LogP contribution in [0, 0.1) is 23.2 Å². The van der Waals surface area contributed by atoms with Gasteiger partial charge < -0.3 is 10.4 Å². The lowest BCUT2D eigenvalue weighted by Crippen LogP contribution is -2.56. The molecule has 1 unspecified atom stereocenters. The van der Waals surface area contributed by atoms with E-state index in [1.54, 1.807) is 12.3 Å². The lowest BCUT2D eigenvalue weighted by Gasteiger charge is -2.59. The fraction of sp³-hybridized carbons (Fsp3) is 0.750. The first-order valence-corrected chi connectivity index (χ1v) is 10.0. The third-order valence-electron chi connectivity index (χ3n) is 7.03. The van der Waals surface area contributed by atoms with Gasteiger partial charge in [-0.05, 0) is 74.2 Å². The van der Waals surface area contributed by atoms with Crippen molar-refractivity contribution in [1.82, 2.24) is 15.1 Å². The normalized spacial score (nSPS) is 33.2. The first-order chi connectivity index (χ1) is 12.5. The Morgan fingerprint density at radius 1 is 1.27 bits per heavy atom. The lowest BCUT2D eigenvalue weighted by molar-refractivity contribution is -0.137. The van der Waals surface area contributed by atoms with Gasteiger partial charge in [-0.3, -0.25) is 14.3 Å². The zero-order chi connectivity index (χ0) is 18.3. The molecule has 26 heavy (non-hydrogen) atoms. The highest BCUT2D eigenvalue weighted by molar-refractivity contribution is 5.92. The summed E-state index contributed by atoms with van der Waals surface area (Å²) in [6.45, 7) is 2.39. The summed E-state index contributed by atoms with van der Waals surface area (Å²) in [6.07, 6.45) is 10.4. The number of nitrogens with zero attached hydrogens (tertiary/aromatic N) is 2. The first kappa shape index (κ1) is 17.6. The molecule has 4 bridgehead atoms. The van der Waals surface area contributed by atoms with Gasteiger partial charge in [-0.15, -0.1) is 0 Å². The smallest absolute Gasteiger partial charge is 0.305 e. The van der Waals surface area contributed by atoms with E-state index in [4.69, 9.17) is 5.11 Å². The fourth-order valence-corrected chi connectivity index (χ4v) is 6.43. The second-order valence-corrected chi connectivity index (χ2v) is 8.80. The number of carbonyl (C=O) groups excluding carboxylic acids is 1. The third kappa shape index (κ3) is 3.14. The topological polar surface area (TPSA) is 84.2 Å². The molecule has 4 saturated carbocycles. The standard InChI is InChI=1S/C20H29N3O3/c1-2-17(20-10-13-7-14(11-20)9-15(8-13)12-20)22-19(26)16-3-5-21-23(16)6-4-18(24)25/h3,5,13-15,17H,2,4,6-12H2,1H3,(H,22,26)(H,24,25). The Labute approximate surface area is 154 Å².